The molecule has 8 nitrogen and oxygen atoms in total. The van der Waals surface area contributed by atoms with Gasteiger partial charge in [-0.25, -0.2) is 0 Å². The van der Waals surface area contributed by atoms with Crippen molar-refractivity contribution >= 4 is 20.3 Å². The zero-order valence-corrected chi connectivity index (χ0v) is 16.3. The van der Waals surface area contributed by atoms with Crippen molar-refractivity contribution < 1.29 is 34.6 Å². The number of hydrogen-bond donors (Lipinski definition) is 6. The number of ether oxygens (including phenoxy) is 2. The molecule has 10 heteroatoms. The van der Waals surface area contributed by atoms with Crippen molar-refractivity contribution in [3.05, 3.63) is 24.3 Å². The Bertz CT molecular complexity index is 548. The van der Waals surface area contributed by atoms with E-state index in [1.54, 1.807) is 12.1 Å². The average molecular weight is 407 g/mol. The normalized spacial score (nSPS) is 29.3. The minimum Gasteiger partial charge on any atom is -0.462 e. The fourth-order valence-corrected chi connectivity index (χ4v) is 3.53. The van der Waals surface area contributed by atoms with E-state index in [1.165, 1.54) is 11.9 Å². The van der Waals surface area contributed by atoms with E-state index in [1.807, 2.05) is 26.0 Å². The highest BCUT2D eigenvalue weighted by Crippen LogP contribution is 2.31. The molecule has 6 N–H and O–H groups in total. The van der Waals surface area contributed by atoms with E-state index in [-0.39, 0.29) is 12.6 Å². The number of aliphatic hydroxyl groups is 3. The molecule has 148 valence electrons. The quantitative estimate of drug-likeness (QED) is 0.270. The van der Waals surface area contributed by atoms with Gasteiger partial charge < -0.3 is 34.6 Å². The number of nitrogens with one attached hydrogen (secondary N) is 1. The Morgan fingerprint density at radius 2 is 1.77 bits per heavy atom. The maximum atomic E-state index is 10.1. The molecule has 1 aliphatic rings. The lowest BCUT2D eigenvalue weighted by atomic mass is 9.97. The number of benzene rings is 1. The molecule has 0 saturated carbocycles. The summed E-state index contributed by atoms with van der Waals surface area (Å²) in [5.41, 5.74) is 0. The molecule has 0 amide bonds. The molecule has 0 spiro atoms. The van der Waals surface area contributed by atoms with Crippen LogP contribution in [0.15, 0.2) is 29.2 Å². The van der Waals surface area contributed by atoms with Crippen LogP contribution in [0.1, 0.15) is 20.3 Å². The van der Waals surface area contributed by atoms with Crippen LogP contribution in [0.3, 0.4) is 0 Å². The SMILES string of the molecule is CC(C)NSc1ccc(O[C@H]2OC(CCP(O)O)[C@@H](O)C(O)C2O)cc1. The zero-order valence-electron chi connectivity index (χ0n) is 14.6. The van der Waals surface area contributed by atoms with Gasteiger partial charge in [-0.1, -0.05) is 0 Å². The Labute approximate surface area is 158 Å². The van der Waals surface area contributed by atoms with Gasteiger partial charge in [0, 0.05) is 17.1 Å². The third kappa shape index (κ3) is 6.30. The summed E-state index contributed by atoms with van der Waals surface area (Å²) in [7, 11) is -2.13. The predicted octanol–water partition coefficient (Wildman–Crippen LogP) is 0.565. The first-order chi connectivity index (χ1) is 12.3. The summed E-state index contributed by atoms with van der Waals surface area (Å²) in [6.45, 7) is 4.08. The molecule has 1 aliphatic heterocycles. The van der Waals surface area contributed by atoms with Crippen LogP contribution in [0, 0.1) is 0 Å². The topological polar surface area (TPSA) is 132 Å². The molecule has 0 bridgehead atoms. The summed E-state index contributed by atoms with van der Waals surface area (Å²) in [6.07, 6.45) is -6.10. The monoisotopic (exact) mass is 407 g/mol. The summed E-state index contributed by atoms with van der Waals surface area (Å²) < 4.78 is 14.4. The second kappa shape index (κ2) is 10.2. The number of aliphatic hydroxyl groups excluding tert-OH is 3. The lowest BCUT2D eigenvalue weighted by Gasteiger charge is -2.40. The van der Waals surface area contributed by atoms with Gasteiger partial charge >= 0.3 is 0 Å². The Hall–Kier alpha value is -0.480. The Morgan fingerprint density at radius 1 is 1.12 bits per heavy atom. The molecule has 0 aliphatic carbocycles. The van der Waals surface area contributed by atoms with Crippen molar-refractivity contribution in [1.82, 2.24) is 4.72 Å². The van der Waals surface area contributed by atoms with Crippen molar-refractivity contribution in [3.63, 3.8) is 0 Å². The summed E-state index contributed by atoms with van der Waals surface area (Å²) in [5.74, 6) is 0.442. The van der Waals surface area contributed by atoms with Crippen molar-refractivity contribution in [3.8, 4) is 5.75 Å². The van der Waals surface area contributed by atoms with E-state index >= 15 is 0 Å². The van der Waals surface area contributed by atoms with Crippen LogP contribution >= 0.6 is 20.3 Å². The third-order valence-electron chi connectivity index (χ3n) is 3.77. The molecule has 5 atom stereocenters. The third-order valence-corrected chi connectivity index (χ3v) is 5.53. The van der Waals surface area contributed by atoms with Gasteiger partial charge in [-0.3, -0.25) is 4.72 Å². The minimum absolute atomic E-state index is 0.0291. The van der Waals surface area contributed by atoms with Crippen molar-refractivity contribution in [2.75, 3.05) is 6.16 Å². The molecule has 1 heterocycles. The number of hydrogen-bond acceptors (Lipinski definition) is 9. The van der Waals surface area contributed by atoms with Crippen LogP contribution in [0.5, 0.6) is 5.75 Å². The summed E-state index contributed by atoms with van der Waals surface area (Å²) in [5, 5.41) is 30.1. The van der Waals surface area contributed by atoms with Crippen molar-refractivity contribution in [1.29, 1.82) is 0 Å². The van der Waals surface area contributed by atoms with Gasteiger partial charge in [-0.2, -0.15) is 0 Å². The highest BCUT2D eigenvalue weighted by molar-refractivity contribution is 7.97. The Balaban J connectivity index is 1.97. The van der Waals surface area contributed by atoms with Gasteiger partial charge in [-0.15, -0.1) is 0 Å². The van der Waals surface area contributed by atoms with Crippen molar-refractivity contribution in [2.45, 2.75) is 61.9 Å². The second-order valence-electron chi connectivity index (χ2n) is 6.36. The summed E-state index contributed by atoms with van der Waals surface area (Å²) in [6, 6.07) is 7.46. The molecule has 26 heavy (non-hydrogen) atoms. The number of rotatable bonds is 8. The Kier molecular flexibility index (Phi) is 8.53. The van der Waals surface area contributed by atoms with E-state index in [4.69, 9.17) is 19.3 Å². The van der Waals surface area contributed by atoms with E-state index in [0.717, 1.165) is 4.90 Å². The van der Waals surface area contributed by atoms with Crippen molar-refractivity contribution in [2.24, 2.45) is 0 Å². The zero-order chi connectivity index (χ0) is 19.3. The van der Waals surface area contributed by atoms with Crippen LogP contribution < -0.4 is 9.46 Å². The van der Waals surface area contributed by atoms with Gasteiger partial charge in [0.15, 0.2) is 8.38 Å². The van der Waals surface area contributed by atoms with Gasteiger partial charge in [0.1, 0.15) is 24.1 Å². The van der Waals surface area contributed by atoms with Gasteiger partial charge in [0.2, 0.25) is 6.29 Å². The van der Waals surface area contributed by atoms with E-state index in [0.29, 0.717) is 11.8 Å². The van der Waals surface area contributed by atoms with Gasteiger partial charge in [-0.05, 0) is 56.5 Å². The van der Waals surface area contributed by atoms with Crippen LogP contribution in [0.4, 0.5) is 0 Å². The second-order valence-corrected chi connectivity index (χ2v) is 8.47. The summed E-state index contributed by atoms with van der Waals surface area (Å²) in [4.78, 5) is 19.0. The molecule has 1 aromatic carbocycles. The van der Waals surface area contributed by atoms with Crippen LogP contribution in [-0.2, 0) is 4.74 Å². The fraction of sp³-hybridized carbons (Fsp3) is 0.625. The minimum atomic E-state index is -2.13. The van der Waals surface area contributed by atoms with Crippen LogP contribution in [0.25, 0.3) is 0 Å². The maximum Gasteiger partial charge on any atom is 0.229 e. The van der Waals surface area contributed by atoms with E-state index < -0.39 is 39.1 Å². The standard InChI is InChI=1S/C16H26NO7PS/c1-9(2)17-26-11-5-3-10(4-6-11)23-16-15(20)14(19)13(18)12(24-16)7-8-25(21)22/h3-6,9,12-22H,7-8H2,1-2H3/t12?,13-,14?,15?,16+/m1/s1. The maximum absolute atomic E-state index is 10.1. The predicted molar refractivity (Wildman–Crippen MR) is 98.7 cm³/mol. The van der Waals surface area contributed by atoms with Crippen LogP contribution in [-0.4, -0.2) is 68.0 Å². The average Bonchev–Trinajstić information content (AvgIpc) is 2.60. The molecule has 1 aromatic rings. The molecule has 3 unspecified atom stereocenters. The first-order valence-electron chi connectivity index (χ1n) is 8.32. The van der Waals surface area contributed by atoms with Gasteiger partial charge in [0.05, 0.1) is 6.10 Å². The Morgan fingerprint density at radius 3 is 2.35 bits per heavy atom. The first-order valence-corrected chi connectivity index (χ1v) is 10.6. The lowest BCUT2D eigenvalue weighted by molar-refractivity contribution is -0.272. The smallest absolute Gasteiger partial charge is 0.229 e. The largest absolute Gasteiger partial charge is 0.462 e. The molecule has 2 rings (SSSR count). The van der Waals surface area contributed by atoms with E-state index in [9.17, 15) is 15.3 Å². The first kappa shape index (κ1) is 21.8. The van der Waals surface area contributed by atoms with E-state index in [2.05, 4.69) is 4.72 Å². The molecule has 0 aromatic heterocycles. The highest BCUT2D eigenvalue weighted by Gasteiger charge is 2.44. The molecular formula is C16H26NO7PS. The fourth-order valence-electron chi connectivity index (χ4n) is 2.40. The molecular weight excluding hydrogens is 381 g/mol. The molecule has 0 radical (unpaired) electrons. The lowest BCUT2D eigenvalue weighted by Crippen LogP contribution is -2.59. The highest BCUT2D eigenvalue weighted by atomic mass is 32.2. The molecule has 1 fully saturated rings. The van der Waals surface area contributed by atoms with Crippen LogP contribution in [0.2, 0.25) is 0 Å². The summed E-state index contributed by atoms with van der Waals surface area (Å²) >= 11 is 1.49. The molecule has 1 saturated heterocycles. The van der Waals surface area contributed by atoms with Gasteiger partial charge in [0.25, 0.3) is 0 Å².